The summed E-state index contributed by atoms with van der Waals surface area (Å²) in [5.41, 5.74) is 0.629. The predicted octanol–water partition coefficient (Wildman–Crippen LogP) is 5.58. The molecular weight excluding hydrogens is 429 g/mol. The molecule has 0 aliphatic rings. The number of hydrogen-bond acceptors (Lipinski definition) is 3. The molecule has 1 heterocycles. The van der Waals surface area contributed by atoms with Crippen molar-refractivity contribution in [3.8, 4) is 5.75 Å². The number of carbonyl (C=O) groups is 1. The van der Waals surface area contributed by atoms with Gasteiger partial charge in [-0.05, 0) is 63.0 Å². The number of nitrogens with one attached hydrogen (secondary N) is 1. The third-order valence-electron chi connectivity index (χ3n) is 2.36. The molecule has 0 radical (unpaired) electrons. The van der Waals surface area contributed by atoms with Crippen LogP contribution in [0.1, 0.15) is 16.6 Å². The summed E-state index contributed by atoms with van der Waals surface area (Å²) < 4.78 is 7.09. The van der Waals surface area contributed by atoms with E-state index in [1.54, 1.807) is 24.3 Å². The highest BCUT2D eigenvalue weighted by atomic mass is 79.9. The average molecular weight is 440 g/mol. The van der Waals surface area contributed by atoms with Gasteiger partial charge in [0.25, 0.3) is 5.91 Å². The second kappa shape index (κ2) is 6.93. The number of halogens is 3. The van der Waals surface area contributed by atoms with Crippen LogP contribution < -0.4 is 10.1 Å². The van der Waals surface area contributed by atoms with Gasteiger partial charge < -0.3 is 10.1 Å². The summed E-state index contributed by atoms with van der Waals surface area (Å²) in [6, 6.07) is 6.93. The molecule has 20 heavy (non-hydrogen) atoms. The molecule has 2 aromatic rings. The highest BCUT2D eigenvalue weighted by Crippen LogP contribution is 2.33. The van der Waals surface area contributed by atoms with E-state index in [4.69, 9.17) is 16.3 Å². The van der Waals surface area contributed by atoms with Gasteiger partial charge in [0.1, 0.15) is 5.75 Å². The second-order valence-corrected chi connectivity index (χ2v) is 7.40. The van der Waals surface area contributed by atoms with Crippen molar-refractivity contribution >= 4 is 66.4 Å². The number of thiophene rings is 1. The minimum atomic E-state index is -0.179. The molecule has 0 aliphatic carbocycles. The van der Waals surface area contributed by atoms with Crippen LogP contribution in [0.2, 0.25) is 5.02 Å². The summed E-state index contributed by atoms with van der Waals surface area (Å²) in [6.07, 6.45) is 0. The third-order valence-corrected chi connectivity index (χ3v) is 5.91. The zero-order chi connectivity index (χ0) is 14.7. The van der Waals surface area contributed by atoms with Crippen LogP contribution in [-0.2, 0) is 0 Å². The Kier molecular flexibility index (Phi) is 5.49. The first-order valence-corrected chi connectivity index (χ1v) is 8.48. The molecule has 0 unspecified atom stereocenters. The van der Waals surface area contributed by atoms with E-state index in [0.717, 1.165) is 8.26 Å². The van der Waals surface area contributed by atoms with Gasteiger partial charge in [-0.1, -0.05) is 11.6 Å². The fraction of sp³-hybridized carbons (Fsp3) is 0.154. The Labute approximate surface area is 142 Å². The van der Waals surface area contributed by atoms with Crippen molar-refractivity contribution in [1.29, 1.82) is 0 Å². The first-order chi connectivity index (χ1) is 9.51. The summed E-state index contributed by atoms with van der Waals surface area (Å²) in [5.74, 6) is 0.426. The van der Waals surface area contributed by atoms with Gasteiger partial charge in [-0.2, -0.15) is 0 Å². The Morgan fingerprint density at radius 2 is 2.15 bits per heavy atom. The Balaban J connectivity index is 2.13. The fourth-order valence-corrected chi connectivity index (χ4v) is 3.67. The van der Waals surface area contributed by atoms with E-state index in [1.807, 2.05) is 6.92 Å². The Bertz CT molecular complexity index is 626. The molecule has 0 spiro atoms. The third kappa shape index (κ3) is 3.75. The molecule has 1 aromatic carbocycles. The molecule has 7 heteroatoms. The number of ether oxygens (including phenoxy) is 1. The minimum Gasteiger partial charge on any atom is -0.492 e. The summed E-state index contributed by atoms with van der Waals surface area (Å²) >= 11 is 14.2. The van der Waals surface area contributed by atoms with E-state index in [1.165, 1.54) is 11.3 Å². The molecule has 1 aromatic heterocycles. The molecule has 0 saturated heterocycles. The van der Waals surface area contributed by atoms with E-state index in [-0.39, 0.29) is 5.91 Å². The largest absolute Gasteiger partial charge is 0.492 e. The number of carbonyl (C=O) groups excluding carboxylic acids is 1. The molecule has 0 saturated carbocycles. The molecule has 1 N–H and O–H groups in total. The maximum absolute atomic E-state index is 12.1. The van der Waals surface area contributed by atoms with Crippen LogP contribution in [0, 0.1) is 0 Å². The van der Waals surface area contributed by atoms with Crippen molar-refractivity contribution in [2.24, 2.45) is 0 Å². The predicted molar refractivity (Wildman–Crippen MR) is 90.3 cm³/mol. The van der Waals surface area contributed by atoms with Crippen LogP contribution in [-0.4, -0.2) is 12.5 Å². The van der Waals surface area contributed by atoms with E-state index < -0.39 is 0 Å². The molecule has 1 amide bonds. The zero-order valence-electron chi connectivity index (χ0n) is 10.4. The molecule has 0 fully saturated rings. The molecule has 2 rings (SSSR count). The Hall–Kier alpha value is -0.560. The molecule has 106 valence electrons. The van der Waals surface area contributed by atoms with Crippen molar-refractivity contribution in [2.75, 3.05) is 11.9 Å². The fourth-order valence-electron chi connectivity index (χ4n) is 1.50. The van der Waals surface area contributed by atoms with Crippen LogP contribution in [0.15, 0.2) is 32.5 Å². The van der Waals surface area contributed by atoms with Gasteiger partial charge in [0.05, 0.1) is 20.3 Å². The summed E-state index contributed by atoms with van der Waals surface area (Å²) in [7, 11) is 0. The number of anilines is 1. The number of rotatable bonds is 4. The lowest BCUT2D eigenvalue weighted by Gasteiger charge is -2.08. The van der Waals surface area contributed by atoms with Crippen molar-refractivity contribution in [2.45, 2.75) is 6.92 Å². The number of benzene rings is 1. The normalized spacial score (nSPS) is 10.4. The van der Waals surface area contributed by atoms with E-state index in [2.05, 4.69) is 37.2 Å². The van der Waals surface area contributed by atoms with Gasteiger partial charge in [0.2, 0.25) is 0 Å². The van der Waals surface area contributed by atoms with Crippen LogP contribution >= 0.6 is 54.8 Å². The molecule has 0 bridgehead atoms. The number of hydrogen-bond donors (Lipinski definition) is 1. The minimum absolute atomic E-state index is 0.179. The Morgan fingerprint density at radius 3 is 2.70 bits per heavy atom. The monoisotopic (exact) mass is 437 g/mol. The molecule has 0 atom stereocenters. The van der Waals surface area contributed by atoms with Crippen molar-refractivity contribution in [3.63, 3.8) is 0 Å². The van der Waals surface area contributed by atoms with E-state index >= 15 is 0 Å². The smallest absolute Gasteiger partial charge is 0.265 e. The summed E-state index contributed by atoms with van der Waals surface area (Å²) in [5, 5.41) is 3.27. The highest BCUT2D eigenvalue weighted by Gasteiger charge is 2.13. The lowest BCUT2D eigenvalue weighted by molar-refractivity contribution is 0.103. The van der Waals surface area contributed by atoms with Gasteiger partial charge in [0.15, 0.2) is 0 Å². The van der Waals surface area contributed by atoms with Gasteiger partial charge in [0, 0.05) is 10.2 Å². The van der Waals surface area contributed by atoms with E-state index in [9.17, 15) is 4.79 Å². The SMILES string of the molecule is CCOc1ccc(NC(=O)c2cc(Br)c(Br)s2)cc1Cl. The van der Waals surface area contributed by atoms with Gasteiger partial charge in [-0.3, -0.25) is 4.79 Å². The maximum atomic E-state index is 12.1. The number of amides is 1. The molecule has 0 aliphatic heterocycles. The van der Waals surface area contributed by atoms with Gasteiger partial charge >= 0.3 is 0 Å². The van der Waals surface area contributed by atoms with Gasteiger partial charge in [-0.25, -0.2) is 0 Å². The maximum Gasteiger partial charge on any atom is 0.265 e. The molecule has 3 nitrogen and oxygen atoms in total. The van der Waals surface area contributed by atoms with Crippen molar-refractivity contribution < 1.29 is 9.53 Å². The van der Waals surface area contributed by atoms with E-state index in [0.29, 0.717) is 27.9 Å². The first kappa shape index (κ1) is 15.8. The standard InChI is InChI=1S/C13H10Br2ClNO2S/c1-2-19-10-4-3-7(5-9(10)16)17-13(18)11-6-8(14)12(15)20-11/h3-6H,2H2,1H3,(H,17,18). The Morgan fingerprint density at radius 1 is 1.40 bits per heavy atom. The quantitative estimate of drug-likeness (QED) is 0.676. The van der Waals surface area contributed by atoms with Crippen LogP contribution in [0.4, 0.5) is 5.69 Å². The van der Waals surface area contributed by atoms with Crippen LogP contribution in [0.3, 0.4) is 0 Å². The van der Waals surface area contributed by atoms with Crippen LogP contribution in [0.5, 0.6) is 5.75 Å². The average Bonchev–Trinajstić information content (AvgIpc) is 2.73. The lowest BCUT2D eigenvalue weighted by atomic mass is 10.3. The topological polar surface area (TPSA) is 38.3 Å². The highest BCUT2D eigenvalue weighted by molar-refractivity contribution is 9.13. The van der Waals surface area contributed by atoms with Gasteiger partial charge in [-0.15, -0.1) is 11.3 Å². The summed E-state index contributed by atoms with van der Waals surface area (Å²) in [4.78, 5) is 12.7. The van der Waals surface area contributed by atoms with Crippen molar-refractivity contribution in [3.05, 3.63) is 42.4 Å². The lowest BCUT2D eigenvalue weighted by Crippen LogP contribution is -2.10. The second-order valence-electron chi connectivity index (χ2n) is 3.76. The molecular formula is C13H10Br2ClNO2S. The summed E-state index contributed by atoms with van der Waals surface area (Å²) in [6.45, 7) is 2.43. The van der Waals surface area contributed by atoms with Crippen LogP contribution in [0.25, 0.3) is 0 Å². The zero-order valence-corrected chi connectivity index (χ0v) is 15.1. The first-order valence-electron chi connectivity index (χ1n) is 5.69. The van der Waals surface area contributed by atoms with Crippen molar-refractivity contribution in [1.82, 2.24) is 0 Å².